The summed E-state index contributed by atoms with van der Waals surface area (Å²) in [5.41, 5.74) is 0.985. The zero-order valence-electron chi connectivity index (χ0n) is 11.1. The van der Waals surface area contributed by atoms with E-state index >= 15 is 0 Å². The molecular formula is C14H15N3OS2. The van der Waals surface area contributed by atoms with Crippen LogP contribution in [0.4, 0.5) is 5.13 Å². The monoisotopic (exact) mass is 305 g/mol. The van der Waals surface area contributed by atoms with Crippen LogP contribution < -0.4 is 5.32 Å². The number of hydrogen-bond donors (Lipinski definition) is 1. The summed E-state index contributed by atoms with van der Waals surface area (Å²) in [6.07, 6.45) is 4.35. The Balaban J connectivity index is 1.88. The smallest absolute Gasteiger partial charge is 0.250 e. The summed E-state index contributed by atoms with van der Waals surface area (Å²) >= 11 is 3.05. The SMILES string of the molecule is CCCSc1nnc(NC(=O)/C=C/c2ccccc2)s1. The van der Waals surface area contributed by atoms with Crippen LogP contribution in [0.3, 0.4) is 0 Å². The summed E-state index contributed by atoms with van der Waals surface area (Å²) in [5.74, 6) is 0.813. The molecule has 0 radical (unpaired) electrons. The lowest BCUT2D eigenvalue weighted by atomic mass is 10.2. The molecule has 104 valence electrons. The van der Waals surface area contributed by atoms with Gasteiger partial charge in [-0.2, -0.15) is 0 Å². The van der Waals surface area contributed by atoms with Gasteiger partial charge in [-0.05, 0) is 18.1 Å². The lowest BCUT2D eigenvalue weighted by Crippen LogP contribution is -2.07. The van der Waals surface area contributed by atoms with E-state index in [1.807, 2.05) is 30.3 Å². The van der Waals surface area contributed by atoms with Crippen LogP contribution in [0.25, 0.3) is 6.08 Å². The number of aromatic nitrogens is 2. The van der Waals surface area contributed by atoms with Crippen molar-refractivity contribution in [2.75, 3.05) is 11.1 Å². The summed E-state index contributed by atoms with van der Waals surface area (Å²) in [5, 5.41) is 11.2. The minimum atomic E-state index is -0.197. The first-order valence-corrected chi connectivity index (χ1v) is 8.08. The first-order chi connectivity index (χ1) is 9.78. The second kappa shape index (κ2) is 7.81. The van der Waals surface area contributed by atoms with Gasteiger partial charge < -0.3 is 0 Å². The molecule has 4 nitrogen and oxygen atoms in total. The van der Waals surface area contributed by atoms with Gasteiger partial charge >= 0.3 is 0 Å². The minimum absolute atomic E-state index is 0.197. The summed E-state index contributed by atoms with van der Waals surface area (Å²) in [7, 11) is 0. The van der Waals surface area contributed by atoms with Crippen molar-refractivity contribution < 1.29 is 4.79 Å². The molecule has 1 amide bonds. The third-order valence-electron chi connectivity index (χ3n) is 2.29. The Morgan fingerprint density at radius 2 is 2.15 bits per heavy atom. The Morgan fingerprint density at radius 3 is 2.90 bits per heavy atom. The standard InChI is InChI=1S/C14H15N3OS2/c1-2-10-19-14-17-16-13(20-14)15-12(18)9-8-11-6-4-3-5-7-11/h3-9H,2,10H2,1H3,(H,15,16,18)/b9-8+. The van der Waals surface area contributed by atoms with Crippen molar-refractivity contribution in [2.24, 2.45) is 0 Å². The van der Waals surface area contributed by atoms with Crippen LogP contribution in [0.5, 0.6) is 0 Å². The summed E-state index contributed by atoms with van der Waals surface area (Å²) < 4.78 is 0.884. The van der Waals surface area contributed by atoms with Crippen molar-refractivity contribution in [3.63, 3.8) is 0 Å². The maximum Gasteiger partial charge on any atom is 0.250 e. The second-order valence-electron chi connectivity index (χ2n) is 3.95. The Labute approximate surface area is 126 Å². The fourth-order valence-corrected chi connectivity index (χ4v) is 3.07. The number of nitrogens with one attached hydrogen (secondary N) is 1. The molecular weight excluding hydrogens is 290 g/mol. The fraction of sp³-hybridized carbons (Fsp3) is 0.214. The molecule has 20 heavy (non-hydrogen) atoms. The number of anilines is 1. The molecule has 0 saturated carbocycles. The molecule has 1 N–H and O–H groups in total. The average molecular weight is 305 g/mol. The van der Waals surface area contributed by atoms with Gasteiger partial charge in [-0.25, -0.2) is 0 Å². The van der Waals surface area contributed by atoms with Gasteiger partial charge in [0.25, 0.3) is 0 Å². The Bertz CT molecular complexity index is 581. The molecule has 6 heteroatoms. The molecule has 2 aromatic rings. The van der Waals surface area contributed by atoms with E-state index in [0.717, 1.165) is 22.1 Å². The molecule has 1 aromatic carbocycles. The number of amides is 1. The summed E-state index contributed by atoms with van der Waals surface area (Å²) in [6.45, 7) is 2.12. The normalized spacial score (nSPS) is 10.8. The van der Waals surface area contributed by atoms with Crippen molar-refractivity contribution in [1.82, 2.24) is 10.2 Å². The topological polar surface area (TPSA) is 54.9 Å². The molecule has 0 atom stereocenters. The van der Waals surface area contributed by atoms with Crippen molar-refractivity contribution in [1.29, 1.82) is 0 Å². The van der Waals surface area contributed by atoms with E-state index in [0.29, 0.717) is 5.13 Å². The molecule has 0 spiro atoms. The zero-order valence-corrected chi connectivity index (χ0v) is 12.7. The Hall–Kier alpha value is -1.66. The predicted molar refractivity (Wildman–Crippen MR) is 85.0 cm³/mol. The quantitative estimate of drug-likeness (QED) is 0.502. The van der Waals surface area contributed by atoms with Crippen molar-refractivity contribution >= 4 is 40.2 Å². The molecule has 2 rings (SSSR count). The second-order valence-corrected chi connectivity index (χ2v) is 6.27. The van der Waals surface area contributed by atoms with Crippen molar-refractivity contribution in [2.45, 2.75) is 17.7 Å². The van der Waals surface area contributed by atoms with Gasteiger partial charge in [-0.15, -0.1) is 10.2 Å². The molecule has 0 aliphatic heterocycles. The lowest BCUT2D eigenvalue weighted by Gasteiger charge is -1.95. The highest BCUT2D eigenvalue weighted by molar-refractivity contribution is 8.01. The predicted octanol–water partition coefficient (Wildman–Crippen LogP) is 3.69. The molecule has 0 aliphatic rings. The summed E-state index contributed by atoms with van der Waals surface area (Å²) in [6, 6.07) is 9.68. The average Bonchev–Trinajstić information content (AvgIpc) is 2.91. The van der Waals surface area contributed by atoms with Gasteiger partial charge in [-0.1, -0.05) is 60.4 Å². The fourth-order valence-electron chi connectivity index (χ4n) is 1.39. The van der Waals surface area contributed by atoms with E-state index in [9.17, 15) is 4.79 Å². The minimum Gasteiger partial charge on any atom is -0.297 e. The van der Waals surface area contributed by atoms with E-state index in [2.05, 4.69) is 22.4 Å². The van der Waals surface area contributed by atoms with Gasteiger partial charge in [-0.3, -0.25) is 10.1 Å². The molecule has 1 aromatic heterocycles. The van der Waals surface area contributed by atoms with Gasteiger partial charge in [0.15, 0.2) is 4.34 Å². The number of carbonyl (C=O) groups excluding carboxylic acids is 1. The largest absolute Gasteiger partial charge is 0.297 e. The van der Waals surface area contributed by atoms with Gasteiger partial charge in [0.1, 0.15) is 0 Å². The number of nitrogens with zero attached hydrogens (tertiary/aromatic N) is 2. The number of carbonyl (C=O) groups is 1. The van der Waals surface area contributed by atoms with Crippen LogP contribution in [-0.2, 0) is 4.79 Å². The van der Waals surface area contributed by atoms with E-state index in [1.54, 1.807) is 17.8 Å². The molecule has 0 unspecified atom stereocenters. The Kier molecular flexibility index (Phi) is 5.76. The van der Waals surface area contributed by atoms with Crippen LogP contribution in [0.1, 0.15) is 18.9 Å². The summed E-state index contributed by atoms with van der Waals surface area (Å²) in [4.78, 5) is 11.7. The van der Waals surface area contributed by atoms with E-state index in [-0.39, 0.29) is 5.91 Å². The van der Waals surface area contributed by atoms with Crippen LogP contribution in [0.15, 0.2) is 40.7 Å². The Morgan fingerprint density at radius 1 is 1.35 bits per heavy atom. The number of thioether (sulfide) groups is 1. The third-order valence-corrected chi connectivity index (χ3v) is 4.47. The highest BCUT2D eigenvalue weighted by Crippen LogP contribution is 2.25. The highest BCUT2D eigenvalue weighted by Gasteiger charge is 2.06. The number of benzene rings is 1. The maximum absolute atomic E-state index is 11.7. The van der Waals surface area contributed by atoms with Crippen LogP contribution >= 0.6 is 23.1 Å². The van der Waals surface area contributed by atoms with Gasteiger partial charge in [0.05, 0.1) is 0 Å². The lowest BCUT2D eigenvalue weighted by molar-refractivity contribution is -0.111. The molecule has 0 bridgehead atoms. The van der Waals surface area contributed by atoms with Crippen LogP contribution in [0, 0.1) is 0 Å². The maximum atomic E-state index is 11.7. The third kappa shape index (κ3) is 4.79. The number of rotatable bonds is 6. The molecule has 1 heterocycles. The molecule has 0 fully saturated rings. The van der Waals surface area contributed by atoms with E-state index in [4.69, 9.17) is 0 Å². The van der Waals surface area contributed by atoms with Crippen molar-refractivity contribution in [3.8, 4) is 0 Å². The first kappa shape index (κ1) is 14.7. The van der Waals surface area contributed by atoms with Gasteiger partial charge in [0.2, 0.25) is 11.0 Å². The molecule has 0 saturated heterocycles. The highest BCUT2D eigenvalue weighted by atomic mass is 32.2. The zero-order chi connectivity index (χ0) is 14.2. The molecule has 0 aliphatic carbocycles. The van der Waals surface area contributed by atoms with Crippen molar-refractivity contribution in [3.05, 3.63) is 42.0 Å². The number of hydrogen-bond acceptors (Lipinski definition) is 5. The van der Waals surface area contributed by atoms with E-state index < -0.39 is 0 Å². The van der Waals surface area contributed by atoms with E-state index in [1.165, 1.54) is 17.4 Å². The van der Waals surface area contributed by atoms with Gasteiger partial charge in [0, 0.05) is 11.8 Å². The first-order valence-electron chi connectivity index (χ1n) is 6.28. The van der Waals surface area contributed by atoms with Crippen LogP contribution in [0.2, 0.25) is 0 Å². The van der Waals surface area contributed by atoms with Crippen LogP contribution in [-0.4, -0.2) is 21.9 Å².